The van der Waals surface area contributed by atoms with Gasteiger partial charge in [-0.25, -0.2) is 0 Å². The monoisotopic (exact) mass is 406 g/mol. The predicted molar refractivity (Wildman–Crippen MR) is 109 cm³/mol. The van der Waals surface area contributed by atoms with Crippen LogP contribution in [0.2, 0.25) is 0 Å². The molecule has 29 heavy (non-hydrogen) atoms. The van der Waals surface area contributed by atoms with Gasteiger partial charge in [-0.05, 0) is 44.5 Å². The number of halogens is 3. The van der Waals surface area contributed by atoms with E-state index in [4.69, 9.17) is 4.74 Å². The minimum atomic E-state index is -4.63. The summed E-state index contributed by atoms with van der Waals surface area (Å²) < 4.78 is 50.0. The number of anilines is 1. The molecule has 0 amide bonds. The van der Waals surface area contributed by atoms with Crippen LogP contribution in [0.3, 0.4) is 0 Å². The number of quaternary nitrogens is 1. The first-order valence-electron chi connectivity index (χ1n) is 9.82. The van der Waals surface area contributed by atoms with Gasteiger partial charge >= 0.3 is 12.1 Å². The Morgan fingerprint density at radius 2 is 1.55 bits per heavy atom. The summed E-state index contributed by atoms with van der Waals surface area (Å²) >= 11 is 0. The third-order valence-corrected chi connectivity index (χ3v) is 6.02. The van der Waals surface area contributed by atoms with Crippen molar-refractivity contribution >= 4 is 11.6 Å². The van der Waals surface area contributed by atoms with E-state index in [1.807, 2.05) is 20.8 Å². The number of ether oxygens (including phenoxy) is 1. The van der Waals surface area contributed by atoms with Crippen LogP contribution in [0.5, 0.6) is 5.75 Å². The summed E-state index contributed by atoms with van der Waals surface area (Å²) in [6.07, 6.45) is -4.63. The van der Waals surface area contributed by atoms with Crippen LogP contribution in [0.25, 0.3) is 0 Å². The van der Waals surface area contributed by atoms with Crippen LogP contribution < -0.4 is 10.1 Å². The Morgan fingerprint density at radius 3 is 2.07 bits per heavy atom. The van der Waals surface area contributed by atoms with Gasteiger partial charge in [0.2, 0.25) is 5.54 Å². The Morgan fingerprint density at radius 1 is 0.966 bits per heavy atom. The number of para-hydroxylation sites is 1. The second-order valence-corrected chi connectivity index (χ2v) is 7.14. The number of hydrogen-bond acceptors (Lipinski definition) is 3. The van der Waals surface area contributed by atoms with Gasteiger partial charge in [0.05, 0.1) is 32.4 Å². The molecule has 0 radical (unpaired) electrons. The van der Waals surface area contributed by atoms with Crippen molar-refractivity contribution in [2.24, 2.45) is 4.99 Å². The fraction of sp³-hybridized carbons (Fsp3) is 0.409. The van der Waals surface area contributed by atoms with E-state index in [0.717, 1.165) is 0 Å². The van der Waals surface area contributed by atoms with E-state index >= 15 is 0 Å². The third-order valence-electron chi connectivity index (χ3n) is 6.02. The molecule has 0 bridgehead atoms. The number of nitrogens with one attached hydrogen (secondary N) is 1. The number of guanidine groups is 1. The number of benzene rings is 2. The molecule has 1 unspecified atom stereocenters. The standard InChI is InChI=1S/C22H27F3N3O/c1-5-28(6-2,7-3)20-26-19-11-9-8-10-18(19)21(27-20,22(23,24)25)16-12-14-17(29-4)15-13-16/h8-15H,5-7H2,1-4H3,(H,26,27)/q+1. The maximum Gasteiger partial charge on any atom is 0.422 e. The molecule has 1 atom stereocenters. The van der Waals surface area contributed by atoms with Crippen LogP contribution in [0, 0.1) is 0 Å². The SMILES string of the molecule is CC[N+](CC)(CC)C1=NC(c2ccc(OC)cc2)(C(F)(F)F)c2ccccc2N1. The van der Waals surface area contributed by atoms with E-state index in [2.05, 4.69) is 10.3 Å². The number of alkyl halides is 3. The first kappa shape index (κ1) is 21.2. The van der Waals surface area contributed by atoms with Crippen molar-refractivity contribution in [2.75, 3.05) is 32.1 Å². The lowest BCUT2D eigenvalue weighted by Gasteiger charge is -2.43. The molecule has 7 heteroatoms. The number of hydrogen-bond donors (Lipinski definition) is 1. The molecular weight excluding hydrogens is 379 g/mol. The average Bonchev–Trinajstić information content (AvgIpc) is 2.74. The number of nitrogens with zero attached hydrogens (tertiary/aromatic N) is 2. The Bertz CT molecular complexity index is 881. The minimum absolute atomic E-state index is 0.0682. The Kier molecular flexibility index (Phi) is 5.63. The minimum Gasteiger partial charge on any atom is -0.497 e. The van der Waals surface area contributed by atoms with E-state index in [0.29, 0.717) is 41.5 Å². The Balaban J connectivity index is 2.36. The normalized spacial score (nSPS) is 19.2. The number of aliphatic imine (C=N–C) groups is 1. The highest BCUT2D eigenvalue weighted by Crippen LogP contribution is 2.52. The molecule has 0 spiro atoms. The largest absolute Gasteiger partial charge is 0.497 e. The van der Waals surface area contributed by atoms with Gasteiger partial charge in [0.1, 0.15) is 5.75 Å². The zero-order valence-electron chi connectivity index (χ0n) is 17.2. The summed E-state index contributed by atoms with van der Waals surface area (Å²) in [6.45, 7) is 7.83. The molecule has 0 saturated heterocycles. The predicted octanol–water partition coefficient (Wildman–Crippen LogP) is 5.16. The lowest BCUT2D eigenvalue weighted by atomic mass is 9.80. The summed E-state index contributed by atoms with van der Waals surface area (Å²) in [4.78, 5) is 4.45. The molecule has 1 N–H and O–H groups in total. The van der Waals surface area contributed by atoms with Crippen molar-refractivity contribution in [3.05, 3.63) is 59.7 Å². The van der Waals surface area contributed by atoms with Crippen molar-refractivity contribution in [1.29, 1.82) is 0 Å². The highest BCUT2D eigenvalue weighted by molar-refractivity contribution is 5.93. The number of methoxy groups -OCH3 is 1. The van der Waals surface area contributed by atoms with Crippen LogP contribution in [-0.2, 0) is 5.54 Å². The molecule has 0 aliphatic carbocycles. The lowest BCUT2D eigenvalue weighted by Crippen LogP contribution is -2.59. The average molecular weight is 406 g/mol. The molecule has 4 nitrogen and oxygen atoms in total. The molecule has 156 valence electrons. The maximum atomic E-state index is 14.8. The summed E-state index contributed by atoms with van der Waals surface area (Å²) in [5, 5.41) is 3.21. The summed E-state index contributed by atoms with van der Waals surface area (Å²) in [7, 11) is 1.49. The van der Waals surface area contributed by atoms with E-state index in [1.54, 1.807) is 30.3 Å². The fourth-order valence-corrected chi connectivity index (χ4v) is 4.05. The van der Waals surface area contributed by atoms with Gasteiger partial charge in [-0.1, -0.05) is 30.3 Å². The van der Waals surface area contributed by atoms with Crippen molar-refractivity contribution in [2.45, 2.75) is 32.5 Å². The van der Waals surface area contributed by atoms with E-state index in [1.165, 1.54) is 25.3 Å². The Hall–Kier alpha value is -2.54. The molecule has 3 rings (SSSR count). The van der Waals surface area contributed by atoms with Crippen LogP contribution >= 0.6 is 0 Å². The van der Waals surface area contributed by atoms with Gasteiger partial charge in [0, 0.05) is 5.56 Å². The van der Waals surface area contributed by atoms with Gasteiger partial charge in [-0.15, -0.1) is 0 Å². The van der Waals surface area contributed by atoms with Crippen LogP contribution in [0.15, 0.2) is 53.5 Å². The molecule has 2 aromatic rings. The van der Waals surface area contributed by atoms with E-state index in [9.17, 15) is 13.2 Å². The van der Waals surface area contributed by atoms with Crippen molar-refractivity contribution in [3.8, 4) is 5.75 Å². The quantitative estimate of drug-likeness (QED) is 0.696. The fourth-order valence-electron chi connectivity index (χ4n) is 4.05. The molecule has 1 aliphatic heterocycles. The summed E-state index contributed by atoms with van der Waals surface area (Å²) in [5.41, 5.74) is -1.88. The molecule has 2 aromatic carbocycles. The number of fused-ring (bicyclic) bond motifs is 1. The van der Waals surface area contributed by atoms with Crippen LogP contribution in [0.4, 0.5) is 18.9 Å². The first-order valence-corrected chi connectivity index (χ1v) is 9.82. The van der Waals surface area contributed by atoms with Gasteiger partial charge < -0.3 is 4.74 Å². The third kappa shape index (κ3) is 3.27. The molecular formula is C22H27F3N3O+. The van der Waals surface area contributed by atoms with Gasteiger partial charge in [0.15, 0.2) is 0 Å². The molecule has 0 aromatic heterocycles. The zero-order valence-corrected chi connectivity index (χ0v) is 17.2. The van der Waals surface area contributed by atoms with Crippen LogP contribution in [-0.4, -0.2) is 43.4 Å². The van der Waals surface area contributed by atoms with Crippen molar-refractivity contribution < 1.29 is 22.4 Å². The smallest absolute Gasteiger partial charge is 0.422 e. The highest BCUT2D eigenvalue weighted by atomic mass is 19.4. The summed E-state index contributed by atoms with van der Waals surface area (Å²) in [5.74, 6) is 0.836. The second-order valence-electron chi connectivity index (χ2n) is 7.14. The molecule has 0 fully saturated rings. The van der Waals surface area contributed by atoms with Crippen molar-refractivity contribution in [1.82, 2.24) is 0 Å². The molecule has 0 saturated carbocycles. The molecule has 1 heterocycles. The summed E-state index contributed by atoms with van der Waals surface area (Å²) in [6, 6.07) is 12.5. The molecule has 1 aliphatic rings. The van der Waals surface area contributed by atoms with Gasteiger partial charge in [-0.3, -0.25) is 9.80 Å². The van der Waals surface area contributed by atoms with Crippen molar-refractivity contribution in [3.63, 3.8) is 0 Å². The zero-order chi connectivity index (χ0) is 21.3. The number of rotatable bonds is 5. The van der Waals surface area contributed by atoms with Gasteiger partial charge in [0.25, 0.3) is 0 Å². The van der Waals surface area contributed by atoms with E-state index < -0.39 is 11.7 Å². The maximum absolute atomic E-state index is 14.8. The first-order chi connectivity index (χ1) is 13.8. The highest BCUT2D eigenvalue weighted by Gasteiger charge is 2.61. The topological polar surface area (TPSA) is 33.6 Å². The Labute approximate surface area is 169 Å². The van der Waals surface area contributed by atoms with Crippen LogP contribution in [0.1, 0.15) is 31.9 Å². The van der Waals surface area contributed by atoms with Gasteiger partial charge in [-0.2, -0.15) is 18.2 Å². The van der Waals surface area contributed by atoms with E-state index in [-0.39, 0.29) is 11.1 Å². The lowest BCUT2D eigenvalue weighted by molar-refractivity contribution is -0.836. The second kappa shape index (κ2) is 7.71.